The van der Waals surface area contributed by atoms with Crippen molar-refractivity contribution in [1.29, 1.82) is 0 Å². The highest BCUT2D eigenvalue weighted by Crippen LogP contribution is 2.20. The van der Waals surface area contributed by atoms with E-state index in [0.717, 1.165) is 18.8 Å². The number of nitrogens with zero attached hydrogens (tertiary/aromatic N) is 1. The van der Waals surface area contributed by atoms with Gasteiger partial charge in [-0.15, -0.1) is 11.3 Å². The third kappa shape index (κ3) is 3.89. The van der Waals surface area contributed by atoms with Crippen molar-refractivity contribution in [3.8, 4) is 0 Å². The zero-order valence-electron chi connectivity index (χ0n) is 9.91. The molecular weight excluding hydrogens is 208 g/mol. The second-order valence-corrected chi connectivity index (χ2v) is 4.88. The summed E-state index contributed by atoms with van der Waals surface area (Å²) >= 11 is 1.72. The van der Waals surface area contributed by atoms with E-state index < -0.39 is 0 Å². The van der Waals surface area contributed by atoms with Gasteiger partial charge >= 0.3 is 0 Å². The summed E-state index contributed by atoms with van der Waals surface area (Å²) in [4.78, 5) is 5.59. The minimum Gasteiger partial charge on any atom is -0.384 e. The summed E-state index contributed by atoms with van der Waals surface area (Å²) in [5.74, 6) is 0.547. The topological polar surface area (TPSA) is 34.1 Å². The van der Waals surface area contributed by atoms with Gasteiger partial charge < -0.3 is 10.1 Å². The summed E-state index contributed by atoms with van der Waals surface area (Å²) in [7, 11) is 1.74. The molecule has 2 atom stereocenters. The predicted octanol–water partition coefficient (Wildman–Crippen LogP) is 2.38. The number of hydrogen-bond donors (Lipinski definition) is 1. The van der Waals surface area contributed by atoms with Gasteiger partial charge in [-0.1, -0.05) is 6.92 Å². The van der Waals surface area contributed by atoms with E-state index in [1.165, 1.54) is 4.88 Å². The number of rotatable bonds is 6. The Kier molecular flexibility index (Phi) is 5.22. The largest absolute Gasteiger partial charge is 0.384 e. The van der Waals surface area contributed by atoms with Gasteiger partial charge in [-0.25, -0.2) is 4.98 Å². The lowest BCUT2D eigenvalue weighted by atomic mass is 10.1. The lowest BCUT2D eigenvalue weighted by Crippen LogP contribution is -2.26. The van der Waals surface area contributed by atoms with E-state index in [1.807, 2.05) is 5.51 Å². The Balaban J connectivity index is 2.36. The van der Waals surface area contributed by atoms with Crippen molar-refractivity contribution >= 4 is 11.3 Å². The van der Waals surface area contributed by atoms with Crippen molar-refractivity contribution in [3.05, 3.63) is 16.1 Å². The van der Waals surface area contributed by atoms with E-state index in [9.17, 15) is 0 Å². The van der Waals surface area contributed by atoms with Gasteiger partial charge in [-0.05, 0) is 19.8 Å². The normalized spacial score (nSPS) is 15.2. The van der Waals surface area contributed by atoms with E-state index in [1.54, 1.807) is 18.4 Å². The van der Waals surface area contributed by atoms with Crippen molar-refractivity contribution in [2.24, 2.45) is 5.92 Å². The molecule has 3 nitrogen and oxygen atoms in total. The Bertz CT molecular complexity index is 288. The zero-order valence-corrected chi connectivity index (χ0v) is 10.7. The van der Waals surface area contributed by atoms with Crippen molar-refractivity contribution in [2.45, 2.75) is 26.8 Å². The van der Waals surface area contributed by atoms with Crippen LogP contribution in [-0.4, -0.2) is 25.2 Å². The highest BCUT2D eigenvalue weighted by molar-refractivity contribution is 7.09. The van der Waals surface area contributed by atoms with Gasteiger partial charge in [-0.3, -0.25) is 0 Å². The van der Waals surface area contributed by atoms with Crippen molar-refractivity contribution < 1.29 is 4.74 Å². The number of aromatic nitrogens is 1. The highest BCUT2D eigenvalue weighted by Gasteiger charge is 2.11. The first-order valence-corrected chi connectivity index (χ1v) is 6.15. The monoisotopic (exact) mass is 228 g/mol. The molecular formula is C11H20N2OS. The molecule has 0 bridgehead atoms. The van der Waals surface area contributed by atoms with Crippen LogP contribution in [0.1, 0.15) is 30.5 Å². The molecule has 0 aromatic carbocycles. The summed E-state index contributed by atoms with van der Waals surface area (Å²) in [5, 5.41) is 3.50. The van der Waals surface area contributed by atoms with Crippen LogP contribution in [0, 0.1) is 12.8 Å². The first-order chi connectivity index (χ1) is 7.15. The van der Waals surface area contributed by atoms with Crippen LogP contribution in [0.4, 0.5) is 0 Å². The van der Waals surface area contributed by atoms with Gasteiger partial charge in [0, 0.05) is 31.2 Å². The fourth-order valence-corrected chi connectivity index (χ4v) is 2.38. The zero-order chi connectivity index (χ0) is 11.3. The first-order valence-electron chi connectivity index (χ1n) is 5.27. The fourth-order valence-electron chi connectivity index (χ4n) is 1.54. The number of hydrogen-bond acceptors (Lipinski definition) is 4. The fraction of sp³-hybridized carbons (Fsp3) is 0.727. The summed E-state index contributed by atoms with van der Waals surface area (Å²) in [6.07, 6.45) is 0. The molecule has 1 heterocycles. The van der Waals surface area contributed by atoms with Crippen LogP contribution in [0.2, 0.25) is 0 Å². The maximum Gasteiger partial charge on any atom is 0.0798 e. The van der Waals surface area contributed by atoms with Crippen LogP contribution in [0.25, 0.3) is 0 Å². The Morgan fingerprint density at radius 1 is 1.53 bits per heavy atom. The molecule has 0 saturated heterocycles. The molecule has 86 valence electrons. The minimum atomic E-state index is 0.386. The second kappa shape index (κ2) is 6.20. The molecule has 0 saturated carbocycles. The predicted molar refractivity (Wildman–Crippen MR) is 64.3 cm³/mol. The molecule has 0 aliphatic carbocycles. The lowest BCUT2D eigenvalue weighted by molar-refractivity contribution is 0.157. The Hall–Kier alpha value is -0.450. The molecule has 15 heavy (non-hydrogen) atoms. The van der Waals surface area contributed by atoms with Crippen LogP contribution in [0.15, 0.2) is 5.51 Å². The molecule has 0 aliphatic heterocycles. The van der Waals surface area contributed by atoms with Gasteiger partial charge in [0.15, 0.2) is 0 Å². The molecule has 0 amide bonds. The lowest BCUT2D eigenvalue weighted by Gasteiger charge is -2.16. The van der Waals surface area contributed by atoms with Crippen molar-refractivity contribution in [1.82, 2.24) is 10.3 Å². The Morgan fingerprint density at radius 2 is 2.27 bits per heavy atom. The molecule has 0 aliphatic rings. The molecule has 1 aromatic heterocycles. The average molecular weight is 228 g/mol. The average Bonchev–Trinajstić information content (AvgIpc) is 2.61. The molecule has 4 heteroatoms. The summed E-state index contributed by atoms with van der Waals surface area (Å²) in [6.45, 7) is 8.21. The van der Waals surface area contributed by atoms with Gasteiger partial charge in [0.05, 0.1) is 11.2 Å². The van der Waals surface area contributed by atoms with E-state index in [4.69, 9.17) is 4.74 Å². The quantitative estimate of drug-likeness (QED) is 0.811. The van der Waals surface area contributed by atoms with Gasteiger partial charge in [0.2, 0.25) is 0 Å². The molecule has 2 unspecified atom stereocenters. The van der Waals surface area contributed by atoms with Crippen LogP contribution in [0.3, 0.4) is 0 Å². The van der Waals surface area contributed by atoms with E-state index in [-0.39, 0.29) is 0 Å². The van der Waals surface area contributed by atoms with Gasteiger partial charge in [-0.2, -0.15) is 0 Å². The molecule has 0 spiro atoms. The number of thiazole rings is 1. The molecule has 1 rings (SSSR count). The minimum absolute atomic E-state index is 0.386. The summed E-state index contributed by atoms with van der Waals surface area (Å²) in [5.41, 5.74) is 3.04. The van der Waals surface area contributed by atoms with Gasteiger partial charge in [0.1, 0.15) is 0 Å². The van der Waals surface area contributed by atoms with Crippen molar-refractivity contribution in [3.63, 3.8) is 0 Å². The smallest absolute Gasteiger partial charge is 0.0798 e. The number of nitrogens with one attached hydrogen (secondary N) is 1. The summed E-state index contributed by atoms with van der Waals surface area (Å²) < 4.78 is 5.10. The Morgan fingerprint density at radius 3 is 2.80 bits per heavy atom. The van der Waals surface area contributed by atoms with Crippen LogP contribution in [-0.2, 0) is 4.74 Å². The SMILES string of the molecule is COCC(C)CNC(C)c1scnc1C. The molecule has 1 N–H and O–H groups in total. The maximum atomic E-state index is 5.10. The standard InChI is InChI=1S/C11H20N2OS/c1-8(6-14-4)5-12-9(2)11-10(3)13-7-15-11/h7-9,12H,5-6H2,1-4H3. The van der Waals surface area contributed by atoms with Gasteiger partial charge in [0.25, 0.3) is 0 Å². The maximum absolute atomic E-state index is 5.10. The summed E-state index contributed by atoms with van der Waals surface area (Å²) in [6, 6.07) is 0.386. The van der Waals surface area contributed by atoms with E-state index in [0.29, 0.717) is 12.0 Å². The molecule has 1 aromatic rings. The van der Waals surface area contributed by atoms with E-state index in [2.05, 4.69) is 31.1 Å². The number of aryl methyl sites for hydroxylation is 1. The van der Waals surface area contributed by atoms with Crippen LogP contribution >= 0.6 is 11.3 Å². The van der Waals surface area contributed by atoms with Crippen molar-refractivity contribution in [2.75, 3.05) is 20.3 Å². The van der Waals surface area contributed by atoms with Crippen LogP contribution < -0.4 is 5.32 Å². The van der Waals surface area contributed by atoms with E-state index >= 15 is 0 Å². The van der Waals surface area contributed by atoms with Crippen LogP contribution in [0.5, 0.6) is 0 Å². The highest BCUT2D eigenvalue weighted by atomic mass is 32.1. The molecule has 0 radical (unpaired) electrons. The number of ether oxygens (including phenoxy) is 1. The Labute approximate surface area is 95.9 Å². The first kappa shape index (κ1) is 12.6. The number of methoxy groups -OCH3 is 1. The second-order valence-electron chi connectivity index (χ2n) is 3.99. The molecule has 0 fully saturated rings. The third-order valence-corrected chi connectivity index (χ3v) is 3.51. The third-order valence-electron chi connectivity index (χ3n) is 2.40.